The lowest BCUT2D eigenvalue weighted by molar-refractivity contribution is -0.274. The van der Waals surface area contributed by atoms with E-state index in [0.29, 0.717) is 34.1 Å². The smallest absolute Gasteiger partial charge is 0.421 e. The van der Waals surface area contributed by atoms with Crippen LogP contribution in [0.5, 0.6) is 5.75 Å². The van der Waals surface area contributed by atoms with E-state index in [-0.39, 0.29) is 5.75 Å². The topological polar surface area (TPSA) is 66.0 Å². The Hall–Kier alpha value is -3.36. The van der Waals surface area contributed by atoms with Crippen LogP contribution in [0.25, 0.3) is 28.2 Å². The zero-order chi connectivity index (χ0) is 18.3. The summed E-state index contributed by atoms with van der Waals surface area (Å²) in [5.74, 6) is 0.484. The first-order valence-corrected chi connectivity index (χ1v) is 7.53. The van der Waals surface area contributed by atoms with Gasteiger partial charge in [0.2, 0.25) is 11.8 Å². The maximum atomic E-state index is 12.4. The summed E-state index contributed by atoms with van der Waals surface area (Å²) >= 11 is 0. The lowest BCUT2D eigenvalue weighted by Crippen LogP contribution is -2.17. The molecule has 0 aliphatic rings. The van der Waals surface area contributed by atoms with Gasteiger partial charge in [0, 0.05) is 18.6 Å². The highest BCUT2D eigenvalue weighted by molar-refractivity contribution is 5.82. The normalized spacial score (nSPS) is 11.8. The van der Waals surface area contributed by atoms with Crippen LogP contribution in [-0.4, -0.2) is 26.1 Å². The molecule has 0 saturated carbocycles. The first-order valence-electron chi connectivity index (χ1n) is 7.53. The fourth-order valence-corrected chi connectivity index (χ4v) is 2.59. The van der Waals surface area contributed by atoms with Crippen LogP contribution in [-0.2, 0) is 0 Å². The highest BCUT2D eigenvalue weighted by atomic mass is 19.4. The molecular formula is C17H11F3N4O2. The number of hydrogen-bond acceptors (Lipinski definition) is 5. The summed E-state index contributed by atoms with van der Waals surface area (Å²) in [7, 11) is 0. The molecule has 0 atom stereocenters. The van der Waals surface area contributed by atoms with Crippen LogP contribution in [0.4, 0.5) is 13.2 Å². The number of benzene rings is 2. The van der Waals surface area contributed by atoms with Crippen molar-refractivity contribution >= 4 is 11.0 Å². The summed E-state index contributed by atoms with van der Waals surface area (Å²) in [4.78, 5) is 4.27. The quantitative estimate of drug-likeness (QED) is 0.545. The third-order valence-corrected chi connectivity index (χ3v) is 3.65. The van der Waals surface area contributed by atoms with E-state index in [9.17, 15) is 13.2 Å². The first-order chi connectivity index (χ1) is 12.4. The third-order valence-electron chi connectivity index (χ3n) is 3.65. The van der Waals surface area contributed by atoms with E-state index >= 15 is 0 Å². The molecule has 0 bridgehead atoms. The predicted octanol–water partition coefficient (Wildman–Crippen LogP) is 4.28. The minimum Gasteiger partial charge on any atom is -0.421 e. The van der Waals surface area contributed by atoms with Crippen LogP contribution in [0.15, 0.2) is 53.2 Å². The van der Waals surface area contributed by atoms with Gasteiger partial charge in [-0.15, -0.1) is 23.4 Å². The van der Waals surface area contributed by atoms with Gasteiger partial charge in [0.05, 0.1) is 16.7 Å². The molecule has 0 fully saturated rings. The second-order valence-electron chi connectivity index (χ2n) is 5.49. The summed E-state index contributed by atoms with van der Waals surface area (Å²) in [6.07, 6.45) is -3.22. The van der Waals surface area contributed by atoms with Crippen LogP contribution < -0.4 is 4.74 Å². The number of aryl methyl sites for hydroxylation is 1. The fourth-order valence-electron chi connectivity index (χ4n) is 2.59. The molecule has 2 heterocycles. The minimum atomic E-state index is -4.75. The Morgan fingerprint density at radius 1 is 1.08 bits per heavy atom. The Morgan fingerprint density at radius 2 is 1.92 bits per heavy atom. The molecule has 2 aromatic carbocycles. The van der Waals surface area contributed by atoms with Crippen molar-refractivity contribution in [2.45, 2.75) is 13.3 Å². The first kappa shape index (κ1) is 16.1. The molecule has 4 rings (SSSR count). The molecule has 0 aliphatic carbocycles. The van der Waals surface area contributed by atoms with E-state index in [0.717, 1.165) is 0 Å². The molecule has 0 unspecified atom stereocenters. The minimum absolute atomic E-state index is 0.305. The fraction of sp³-hybridized carbons (Fsp3) is 0.118. The van der Waals surface area contributed by atoms with Gasteiger partial charge in [-0.25, -0.2) is 4.98 Å². The lowest BCUT2D eigenvalue weighted by atomic mass is 10.2. The van der Waals surface area contributed by atoms with Crippen molar-refractivity contribution < 1.29 is 22.3 Å². The number of rotatable bonds is 3. The Kier molecular flexibility index (Phi) is 3.64. The molecule has 0 aliphatic heterocycles. The van der Waals surface area contributed by atoms with Crippen LogP contribution in [0.1, 0.15) is 5.89 Å². The van der Waals surface area contributed by atoms with Crippen LogP contribution in [0.3, 0.4) is 0 Å². The average molecular weight is 360 g/mol. The summed E-state index contributed by atoms with van der Waals surface area (Å²) in [5.41, 5.74) is 2.52. The highest BCUT2D eigenvalue weighted by Gasteiger charge is 2.31. The monoisotopic (exact) mass is 360 g/mol. The molecule has 9 heteroatoms. The van der Waals surface area contributed by atoms with E-state index in [4.69, 9.17) is 4.42 Å². The molecule has 0 N–H and O–H groups in total. The highest BCUT2D eigenvalue weighted by Crippen LogP contribution is 2.28. The largest absolute Gasteiger partial charge is 0.573 e. The van der Waals surface area contributed by atoms with Crippen LogP contribution in [0.2, 0.25) is 0 Å². The van der Waals surface area contributed by atoms with Crippen LogP contribution in [0, 0.1) is 6.92 Å². The lowest BCUT2D eigenvalue weighted by Gasteiger charge is -2.11. The number of ether oxygens (including phenoxy) is 1. The molecule has 0 spiro atoms. The number of alkyl halides is 3. The maximum Gasteiger partial charge on any atom is 0.573 e. The maximum absolute atomic E-state index is 12.4. The van der Waals surface area contributed by atoms with E-state index in [1.54, 1.807) is 35.8 Å². The van der Waals surface area contributed by atoms with Gasteiger partial charge >= 0.3 is 6.36 Å². The summed E-state index contributed by atoms with van der Waals surface area (Å²) < 4.78 is 48.4. The third kappa shape index (κ3) is 3.10. The number of hydrogen-bond donors (Lipinski definition) is 0. The standard InChI is InChI=1S/C17H11F3N4O2/c1-10-22-23-16(25-10)11-5-6-14-15(7-11)24(9-21-14)12-3-2-4-13(8-12)26-17(18,19)20/h2-9H,1H3. The second kappa shape index (κ2) is 5.87. The van der Waals surface area contributed by atoms with E-state index < -0.39 is 6.36 Å². The SMILES string of the molecule is Cc1nnc(-c2ccc3ncn(-c4cccc(OC(F)(F)F)c4)c3c2)o1. The zero-order valence-electron chi connectivity index (χ0n) is 13.4. The van der Waals surface area contributed by atoms with Crippen molar-refractivity contribution in [3.05, 3.63) is 54.7 Å². The Balaban J connectivity index is 1.78. The van der Waals surface area contributed by atoms with Gasteiger partial charge in [0.15, 0.2) is 0 Å². The van der Waals surface area contributed by atoms with Crippen molar-refractivity contribution in [1.29, 1.82) is 0 Å². The summed E-state index contributed by atoms with van der Waals surface area (Å²) in [5, 5.41) is 7.77. The molecule has 4 aromatic rings. The van der Waals surface area contributed by atoms with Gasteiger partial charge in [-0.1, -0.05) is 6.07 Å². The Bertz CT molecular complexity index is 1080. The van der Waals surface area contributed by atoms with Crippen LogP contribution >= 0.6 is 0 Å². The van der Waals surface area contributed by atoms with E-state index in [1.807, 2.05) is 0 Å². The van der Waals surface area contributed by atoms with Gasteiger partial charge in [-0.2, -0.15) is 0 Å². The predicted molar refractivity (Wildman–Crippen MR) is 85.8 cm³/mol. The zero-order valence-corrected chi connectivity index (χ0v) is 13.4. The Labute approximate surface area is 144 Å². The van der Waals surface area contributed by atoms with Crippen molar-refractivity contribution in [3.8, 4) is 22.9 Å². The van der Waals surface area contributed by atoms with Crippen molar-refractivity contribution in [3.63, 3.8) is 0 Å². The molecule has 26 heavy (non-hydrogen) atoms. The molecule has 0 amide bonds. The summed E-state index contributed by atoms with van der Waals surface area (Å²) in [6, 6.07) is 11.0. The number of nitrogens with zero attached hydrogens (tertiary/aromatic N) is 4. The molecular weight excluding hydrogens is 349 g/mol. The van der Waals surface area contributed by atoms with Gasteiger partial charge in [-0.05, 0) is 30.3 Å². The van der Waals surface area contributed by atoms with Crippen molar-refractivity contribution in [2.75, 3.05) is 0 Å². The molecule has 2 aromatic heterocycles. The molecule has 0 radical (unpaired) electrons. The summed E-state index contributed by atoms with van der Waals surface area (Å²) in [6.45, 7) is 1.69. The average Bonchev–Trinajstić information content (AvgIpc) is 3.19. The molecule has 0 saturated heterocycles. The van der Waals surface area contributed by atoms with Gasteiger partial charge in [0.1, 0.15) is 12.1 Å². The second-order valence-corrected chi connectivity index (χ2v) is 5.49. The number of aromatic nitrogens is 4. The van der Waals surface area contributed by atoms with Gasteiger partial charge in [0.25, 0.3) is 0 Å². The van der Waals surface area contributed by atoms with Crippen molar-refractivity contribution in [1.82, 2.24) is 19.7 Å². The number of halogens is 3. The number of imidazole rings is 1. The van der Waals surface area contributed by atoms with Gasteiger partial charge < -0.3 is 9.15 Å². The van der Waals surface area contributed by atoms with E-state index in [2.05, 4.69) is 19.9 Å². The van der Waals surface area contributed by atoms with Gasteiger partial charge in [-0.3, -0.25) is 4.57 Å². The number of fused-ring (bicyclic) bond motifs is 1. The van der Waals surface area contributed by atoms with E-state index in [1.165, 1.54) is 24.5 Å². The van der Waals surface area contributed by atoms with Crippen molar-refractivity contribution in [2.24, 2.45) is 0 Å². The molecule has 132 valence electrons. The molecule has 6 nitrogen and oxygen atoms in total. The Morgan fingerprint density at radius 3 is 2.65 bits per heavy atom.